The van der Waals surface area contributed by atoms with E-state index in [9.17, 15) is 4.79 Å². The van der Waals surface area contributed by atoms with Crippen molar-refractivity contribution in [2.75, 3.05) is 0 Å². The molecule has 0 heterocycles. The molecule has 1 aromatic carbocycles. The van der Waals surface area contributed by atoms with Crippen molar-refractivity contribution < 1.29 is 14.9 Å². The molecule has 3 nitrogen and oxygen atoms in total. The van der Waals surface area contributed by atoms with Crippen LogP contribution in [0.25, 0.3) is 0 Å². The van der Waals surface area contributed by atoms with Crippen LogP contribution >= 0.6 is 22.6 Å². The summed E-state index contributed by atoms with van der Waals surface area (Å²) in [6.45, 7) is 0. The number of carbonyl (C=O) groups excluding carboxylic acids is 1. The van der Waals surface area contributed by atoms with E-state index in [0.717, 1.165) is 3.57 Å². The first-order valence-electron chi connectivity index (χ1n) is 2.85. The van der Waals surface area contributed by atoms with Gasteiger partial charge in [-0.3, -0.25) is 4.89 Å². The zero-order valence-electron chi connectivity index (χ0n) is 5.45. The van der Waals surface area contributed by atoms with Gasteiger partial charge in [-0.05, 0) is 40.8 Å². The van der Waals surface area contributed by atoms with Gasteiger partial charge in [-0.25, -0.2) is 4.79 Å². The molecule has 0 radical (unpaired) electrons. The van der Waals surface area contributed by atoms with Crippen LogP contribution in [0.3, 0.4) is 0 Å². The van der Waals surface area contributed by atoms with E-state index in [1.54, 1.807) is 18.2 Å². The zero-order valence-corrected chi connectivity index (χ0v) is 7.61. The molecule has 0 aliphatic heterocycles. The molecule has 0 aromatic heterocycles. The molecule has 1 aromatic rings. The molecular weight excluding hydrogens is 259 g/mol. The Morgan fingerprint density at radius 1 is 1.55 bits per heavy atom. The van der Waals surface area contributed by atoms with Crippen LogP contribution in [-0.2, 0) is 4.89 Å². The Morgan fingerprint density at radius 2 is 2.27 bits per heavy atom. The normalized spacial score (nSPS) is 9.27. The SMILES string of the molecule is O=C(OO)c1cccc(I)c1. The molecule has 1 rings (SSSR count). The van der Waals surface area contributed by atoms with Gasteiger partial charge in [0, 0.05) is 3.57 Å². The summed E-state index contributed by atoms with van der Waals surface area (Å²) in [5.74, 6) is -0.733. The summed E-state index contributed by atoms with van der Waals surface area (Å²) in [6, 6.07) is 6.75. The van der Waals surface area contributed by atoms with E-state index in [1.165, 1.54) is 0 Å². The minimum absolute atomic E-state index is 0.347. The minimum Gasteiger partial charge on any atom is -0.296 e. The first kappa shape index (κ1) is 8.48. The number of halogens is 1. The average molecular weight is 264 g/mol. The smallest absolute Gasteiger partial charge is 0.296 e. The third-order valence-corrected chi connectivity index (χ3v) is 1.81. The second-order valence-electron chi connectivity index (χ2n) is 1.89. The summed E-state index contributed by atoms with van der Waals surface area (Å²) in [5, 5.41) is 8.03. The largest absolute Gasteiger partial charge is 0.372 e. The lowest BCUT2D eigenvalue weighted by molar-refractivity contribution is -0.182. The monoisotopic (exact) mass is 264 g/mol. The van der Waals surface area contributed by atoms with Crippen molar-refractivity contribution in [3.63, 3.8) is 0 Å². The molecule has 1 N–H and O–H groups in total. The van der Waals surface area contributed by atoms with Gasteiger partial charge < -0.3 is 0 Å². The van der Waals surface area contributed by atoms with Crippen molar-refractivity contribution in [2.24, 2.45) is 0 Å². The molecule has 0 aliphatic rings. The molecule has 0 unspecified atom stereocenters. The van der Waals surface area contributed by atoms with Crippen LogP contribution in [0.4, 0.5) is 0 Å². The molecule has 0 fully saturated rings. The van der Waals surface area contributed by atoms with E-state index >= 15 is 0 Å². The van der Waals surface area contributed by atoms with Gasteiger partial charge in [0.05, 0.1) is 5.56 Å². The topological polar surface area (TPSA) is 46.5 Å². The van der Waals surface area contributed by atoms with Gasteiger partial charge in [0.1, 0.15) is 0 Å². The lowest BCUT2D eigenvalue weighted by Crippen LogP contribution is -2.01. The molecular formula is C7H5IO3. The second kappa shape index (κ2) is 3.68. The molecule has 0 spiro atoms. The van der Waals surface area contributed by atoms with E-state index in [0.29, 0.717) is 5.56 Å². The quantitative estimate of drug-likeness (QED) is 0.479. The second-order valence-corrected chi connectivity index (χ2v) is 3.13. The first-order chi connectivity index (χ1) is 5.24. The lowest BCUT2D eigenvalue weighted by Gasteiger charge is -1.95. The van der Waals surface area contributed by atoms with E-state index < -0.39 is 5.97 Å². The Bertz CT molecular complexity index is 272. The number of rotatable bonds is 1. The van der Waals surface area contributed by atoms with E-state index in [-0.39, 0.29) is 0 Å². The summed E-state index contributed by atoms with van der Waals surface area (Å²) in [4.78, 5) is 14.2. The van der Waals surface area contributed by atoms with Crippen molar-refractivity contribution in [3.05, 3.63) is 33.4 Å². The van der Waals surface area contributed by atoms with Crippen LogP contribution in [-0.4, -0.2) is 11.2 Å². The van der Waals surface area contributed by atoms with Crippen LogP contribution in [0, 0.1) is 3.57 Å². The fourth-order valence-electron chi connectivity index (χ4n) is 0.668. The summed E-state index contributed by atoms with van der Waals surface area (Å²) in [7, 11) is 0. The molecule has 0 amide bonds. The van der Waals surface area contributed by atoms with Gasteiger partial charge >= 0.3 is 5.97 Å². The van der Waals surface area contributed by atoms with Crippen LogP contribution in [0.2, 0.25) is 0 Å². The van der Waals surface area contributed by atoms with E-state index in [4.69, 9.17) is 5.26 Å². The third-order valence-electron chi connectivity index (χ3n) is 1.14. The highest BCUT2D eigenvalue weighted by atomic mass is 127. The molecule has 58 valence electrons. The number of hydrogen-bond acceptors (Lipinski definition) is 3. The van der Waals surface area contributed by atoms with Crippen molar-refractivity contribution in [1.29, 1.82) is 0 Å². The average Bonchev–Trinajstić information content (AvgIpc) is 2.03. The Balaban J connectivity index is 2.96. The van der Waals surface area contributed by atoms with E-state index in [1.807, 2.05) is 6.07 Å². The molecule has 11 heavy (non-hydrogen) atoms. The summed E-state index contributed by atoms with van der Waals surface area (Å²) in [5.41, 5.74) is 0.347. The molecule has 0 bridgehead atoms. The van der Waals surface area contributed by atoms with E-state index in [2.05, 4.69) is 27.5 Å². The first-order valence-corrected chi connectivity index (χ1v) is 3.93. The third kappa shape index (κ3) is 2.16. The summed E-state index contributed by atoms with van der Waals surface area (Å²) >= 11 is 2.07. The van der Waals surface area contributed by atoms with Gasteiger partial charge in [-0.15, -0.1) is 0 Å². The maximum absolute atomic E-state index is 10.7. The van der Waals surface area contributed by atoms with Crippen molar-refractivity contribution in [1.82, 2.24) is 0 Å². The highest BCUT2D eigenvalue weighted by molar-refractivity contribution is 14.1. The highest BCUT2D eigenvalue weighted by Crippen LogP contribution is 2.08. The Morgan fingerprint density at radius 3 is 2.82 bits per heavy atom. The number of carbonyl (C=O) groups is 1. The fourth-order valence-corrected chi connectivity index (χ4v) is 1.21. The maximum atomic E-state index is 10.7. The molecule has 0 aliphatic carbocycles. The van der Waals surface area contributed by atoms with Crippen molar-refractivity contribution >= 4 is 28.6 Å². The standard InChI is InChI=1S/C7H5IO3/c8-6-3-1-2-5(4-6)7(9)11-10/h1-4,10H. The van der Waals surface area contributed by atoms with Crippen molar-refractivity contribution in [2.45, 2.75) is 0 Å². The van der Waals surface area contributed by atoms with Gasteiger partial charge in [-0.2, -0.15) is 5.26 Å². The Hall–Kier alpha value is -0.620. The molecule has 0 atom stereocenters. The number of benzene rings is 1. The Labute approximate surface area is 77.1 Å². The van der Waals surface area contributed by atoms with Gasteiger partial charge in [0.2, 0.25) is 0 Å². The fraction of sp³-hybridized carbons (Fsp3) is 0. The summed E-state index contributed by atoms with van der Waals surface area (Å²) < 4.78 is 0.922. The predicted molar refractivity (Wildman–Crippen MR) is 47.2 cm³/mol. The minimum atomic E-state index is -0.733. The summed E-state index contributed by atoms with van der Waals surface area (Å²) in [6.07, 6.45) is 0. The maximum Gasteiger partial charge on any atom is 0.372 e. The molecule has 0 saturated heterocycles. The zero-order chi connectivity index (χ0) is 8.27. The number of hydrogen-bond donors (Lipinski definition) is 1. The molecule has 4 heteroatoms. The van der Waals surface area contributed by atoms with Gasteiger partial charge in [0.15, 0.2) is 0 Å². The van der Waals surface area contributed by atoms with Crippen LogP contribution in [0.5, 0.6) is 0 Å². The predicted octanol–water partition coefficient (Wildman–Crippen LogP) is 1.92. The lowest BCUT2D eigenvalue weighted by atomic mass is 10.2. The van der Waals surface area contributed by atoms with Gasteiger partial charge in [-0.1, -0.05) is 6.07 Å². The van der Waals surface area contributed by atoms with Gasteiger partial charge in [0.25, 0.3) is 0 Å². The van der Waals surface area contributed by atoms with Crippen LogP contribution in [0.1, 0.15) is 10.4 Å². The van der Waals surface area contributed by atoms with Crippen molar-refractivity contribution in [3.8, 4) is 0 Å². The van der Waals surface area contributed by atoms with Crippen LogP contribution < -0.4 is 0 Å². The van der Waals surface area contributed by atoms with Crippen LogP contribution in [0.15, 0.2) is 24.3 Å². The highest BCUT2D eigenvalue weighted by Gasteiger charge is 2.05. The molecule has 0 saturated carbocycles. The Kier molecular flexibility index (Phi) is 2.84.